The molecule has 2 heterocycles. The van der Waals surface area contributed by atoms with E-state index in [4.69, 9.17) is 0 Å². The molecule has 0 aliphatic rings. The number of nitrogens with zero attached hydrogens (tertiary/aromatic N) is 4. The Morgan fingerprint density at radius 3 is 2.43 bits per heavy atom. The molecule has 1 aromatic carbocycles. The second kappa shape index (κ2) is 6.25. The van der Waals surface area contributed by atoms with Gasteiger partial charge >= 0.3 is 6.55 Å². The molecular weight excluding hydrogens is 309 g/mol. The summed E-state index contributed by atoms with van der Waals surface area (Å²) >= 11 is 0. The maximum Gasteiger partial charge on any atom is 0.319 e. The number of aliphatic hydroxyl groups is 1. The molecule has 0 saturated heterocycles. The molecule has 23 heavy (non-hydrogen) atoms. The third-order valence-electron chi connectivity index (χ3n) is 3.45. The lowest BCUT2D eigenvalue weighted by molar-refractivity contribution is 0.0666. The summed E-state index contributed by atoms with van der Waals surface area (Å²) in [5, 5.41) is 10.4. The Hall–Kier alpha value is -2.61. The van der Waals surface area contributed by atoms with Gasteiger partial charge in [-0.15, -0.1) is 0 Å². The highest BCUT2D eigenvalue weighted by Crippen LogP contribution is 2.22. The Morgan fingerprint density at radius 2 is 1.74 bits per heavy atom. The quantitative estimate of drug-likeness (QED) is 0.786. The van der Waals surface area contributed by atoms with E-state index in [-0.39, 0.29) is 18.2 Å². The molecule has 0 aliphatic carbocycles. The van der Waals surface area contributed by atoms with Crippen molar-refractivity contribution in [3.8, 4) is 0 Å². The summed E-state index contributed by atoms with van der Waals surface area (Å²) < 4.78 is 41.0. The summed E-state index contributed by atoms with van der Waals surface area (Å²) in [5.41, 5.74) is 0.455. The van der Waals surface area contributed by atoms with E-state index in [1.807, 2.05) is 0 Å². The smallest absolute Gasteiger partial charge is 0.319 e. The molecule has 0 spiro atoms. The molecule has 1 atom stereocenters. The molecule has 0 fully saturated rings. The zero-order chi connectivity index (χ0) is 16.4. The number of aromatic nitrogens is 4. The van der Waals surface area contributed by atoms with Crippen LogP contribution in [0.15, 0.2) is 49.1 Å². The van der Waals surface area contributed by atoms with Gasteiger partial charge in [0.1, 0.15) is 23.6 Å². The predicted octanol–water partition coefficient (Wildman–Crippen LogP) is 2.74. The van der Waals surface area contributed by atoms with Gasteiger partial charge in [-0.1, -0.05) is 12.1 Å². The SMILES string of the molecule is OC(c1ccc(F)cc1)c1nccn1Cc1nccn1C(F)F. The predicted molar refractivity (Wildman–Crippen MR) is 75.3 cm³/mol. The van der Waals surface area contributed by atoms with E-state index in [0.717, 1.165) is 4.57 Å². The molecule has 1 N–H and O–H groups in total. The van der Waals surface area contributed by atoms with Gasteiger partial charge in [-0.05, 0) is 17.7 Å². The first kappa shape index (κ1) is 15.3. The van der Waals surface area contributed by atoms with Crippen molar-refractivity contribution in [1.29, 1.82) is 0 Å². The Balaban J connectivity index is 1.87. The van der Waals surface area contributed by atoms with Crippen LogP contribution in [0.3, 0.4) is 0 Å². The first-order chi connectivity index (χ1) is 11.1. The van der Waals surface area contributed by atoms with Crippen molar-refractivity contribution in [2.45, 2.75) is 19.2 Å². The zero-order valence-electron chi connectivity index (χ0n) is 11.9. The minimum atomic E-state index is -2.69. The molecule has 2 aromatic heterocycles. The van der Waals surface area contributed by atoms with Gasteiger partial charge in [-0.3, -0.25) is 4.57 Å². The van der Waals surface area contributed by atoms with Crippen LogP contribution in [0.5, 0.6) is 0 Å². The van der Waals surface area contributed by atoms with Crippen LogP contribution in [0.1, 0.15) is 29.9 Å². The van der Waals surface area contributed by atoms with Gasteiger partial charge in [0.05, 0.1) is 6.54 Å². The van der Waals surface area contributed by atoms with Crippen molar-refractivity contribution in [2.24, 2.45) is 0 Å². The van der Waals surface area contributed by atoms with Crippen LogP contribution >= 0.6 is 0 Å². The van der Waals surface area contributed by atoms with Gasteiger partial charge < -0.3 is 9.67 Å². The van der Waals surface area contributed by atoms with Crippen molar-refractivity contribution in [3.63, 3.8) is 0 Å². The van der Waals surface area contributed by atoms with E-state index in [9.17, 15) is 18.3 Å². The van der Waals surface area contributed by atoms with Crippen molar-refractivity contribution in [1.82, 2.24) is 19.1 Å². The van der Waals surface area contributed by atoms with Crippen molar-refractivity contribution >= 4 is 0 Å². The topological polar surface area (TPSA) is 55.9 Å². The summed E-state index contributed by atoms with van der Waals surface area (Å²) in [6.45, 7) is -2.66. The second-order valence-electron chi connectivity index (χ2n) is 4.90. The highest BCUT2D eigenvalue weighted by Gasteiger charge is 2.18. The van der Waals surface area contributed by atoms with E-state index < -0.39 is 18.5 Å². The maximum absolute atomic E-state index is 13.0. The number of hydrogen-bond donors (Lipinski definition) is 1. The first-order valence-corrected chi connectivity index (χ1v) is 6.80. The molecule has 8 heteroatoms. The normalized spacial score (nSPS) is 12.7. The van der Waals surface area contributed by atoms with Gasteiger partial charge in [0.25, 0.3) is 0 Å². The van der Waals surface area contributed by atoms with Crippen LogP contribution in [-0.2, 0) is 6.54 Å². The number of benzene rings is 1. The summed E-state index contributed by atoms with van der Waals surface area (Å²) in [4.78, 5) is 7.96. The van der Waals surface area contributed by atoms with E-state index in [1.54, 1.807) is 6.20 Å². The lowest BCUT2D eigenvalue weighted by Gasteiger charge is -2.14. The van der Waals surface area contributed by atoms with E-state index in [0.29, 0.717) is 5.56 Å². The third-order valence-corrected chi connectivity index (χ3v) is 3.45. The van der Waals surface area contributed by atoms with Gasteiger partial charge in [-0.25, -0.2) is 14.4 Å². The molecule has 0 aliphatic heterocycles. The number of aliphatic hydroxyl groups excluding tert-OH is 1. The number of alkyl halides is 2. The molecule has 3 rings (SSSR count). The fourth-order valence-corrected chi connectivity index (χ4v) is 2.29. The van der Waals surface area contributed by atoms with Crippen LogP contribution in [-0.4, -0.2) is 24.2 Å². The van der Waals surface area contributed by atoms with Crippen LogP contribution in [0.2, 0.25) is 0 Å². The molecule has 0 amide bonds. The Morgan fingerprint density at radius 1 is 1.04 bits per heavy atom. The molecule has 120 valence electrons. The molecule has 5 nitrogen and oxygen atoms in total. The van der Waals surface area contributed by atoms with Crippen molar-refractivity contribution < 1.29 is 18.3 Å². The average molecular weight is 322 g/mol. The van der Waals surface area contributed by atoms with Crippen LogP contribution < -0.4 is 0 Å². The van der Waals surface area contributed by atoms with E-state index >= 15 is 0 Å². The highest BCUT2D eigenvalue weighted by atomic mass is 19.3. The van der Waals surface area contributed by atoms with Gasteiger partial charge in [-0.2, -0.15) is 8.78 Å². The minimum absolute atomic E-state index is 0.0327. The van der Waals surface area contributed by atoms with Gasteiger partial charge in [0.2, 0.25) is 0 Å². The second-order valence-corrected chi connectivity index (χ2v) is 4.90. The number of rotatable bonds is 5. The Bertz CT molecular complexity index is 782. The third kappa shape index (κ3) is 3.11. The van der Waals surface area contributed by atoms with E-state index in [1.165, 1.54) is 47.4 Å². The summed E-state index contributed by atoms with van der Waals surface area (Å²) in [5.74, 6) is -0.00534. The standard InChI is InChI=1S/C15H13F3N4O/c16-11-3-1-10(2-4-11)13(23)14-20-5-7-21(14)9-12-19-6-8-22(12)15(17)18/h1-8,13,15,23H,9H2. The Kier molecular flexibility index (Phi) is 4.16. The summed E-state index contributed by atoms with van der Waals surface area (Å²) in [6.07, 6.45) is 4.40. The lowest BCUT2D eigenvalue weighted by Crippen LogP contribution is -2.14. The molecule has 0 saturated carbocycles. The van der Waals surface area contributed by atoms with Crippen molar-refractivity contribution in [2.75, 3.05) is 0 Å². The molecule has 1 unspecified atom stereocenters. The van der Waals surface area contributed by atoms with Crippen LogP contribution in [0.25, 0.3) is 0 Å². The lowest BCUT2D eigenvalue weighted by atomic mass is 10.1. The van der Waals surface area contributed by atoms with Gasteiger partial charge in [0, 0.05) is 24.8 Å². The van der Waals surface area contributed by atoms with Gasteiger partial charge in [0.15, 0.2) is 0 Å². The minimum Gasteiger partial charge on any atom is -0.380 e. The number of hydrogen-bond acceptors (Lipinski definition) is 3. The monoisotopic (exact) mass is 322 g/mol. The maximum atomic E-state index is 13.0. The molecular formula is C15H13F3N4O. The fourth-order valence-electron chi connectivity index (χ4n) is 2.29. The molecule has 0 bridgehead atoms. The van der Waals surface area contributed by atoms with E-state index in [2.05, 4.69) is 9.97 Å². The Labute approximate surface area is 129 Å². The fraction of sp³-hybridized carbons (Fsp3) is 0.200. The average Bonchev–Trinajstić information content (AvgIpc) is 3.17. The highest BCUT2D eigenvalue weighted by molar-refractivity contribution is 5.24. The number of imidazole rings is 2. The number of halogens is 3. The molecule has 3 aromatic rings. The van der Waals surface area contributed by atoms with Crippen LogP contribution in [0.4, 0.5) is 13.2 Å². The molecule has 0 radical (unpaired) electrons. The van der Waals surface area contributed by atoms with Crippen LogP contribution in [0, 0.1) is 5.82 Å². The first-order valence-electron chi connectivity index (χ1n) is 6.80. The zero-order valence-corrected chi connectivity index (χ0v) is 11.9. The largest absolute Gasteiger partial charge is 0.380 e. The van der Waals surface area contributed by atoms with Crippen molar-refractivity contribution in [3.05, 3.63) is 72.1 Å². The summed E-state index contributed by atoms with van der Waals surface area (Å²) in [6, 6.07) is 5.35. The summed E-state index contributed by atoms with van der Waals surface area (Å²) in [7, 11) is 0.